The average Bonchev–Trinajstić information content (AvgIpc) is 2.65. The molecule has 0 aliphatic heterocycles. The van der Waals surface area contributed by atoms with Crippen molar-refractivity contribution >= 4 is 40.8 Å². The van der Waals surface area contributed by atoms with Crippen molar-refractivity contribution in [1.82, 2.24) is 9.55 Å². The summed E-state index contributed by atoms with van der Waals surface area (Å²) in [4.78, 5) is 28.5. The zero-order chi connectivity index (χ0) is 20.4. The van der Waals surface area contributed by atoms with E-state index in [2.05, 4.69) is 4.98 Å². The van der Waals surface area contributed by atoms with Crippen LogP contribution in [0, 0.1) is 0 Å². The second-order valence-electron chi connectivity index (χ2n) is 6.07. The molecule has 1 aromatic carbocycles. The highest BCUT2D eigenvalue weighted by molar-refractivity contribution is 6.42. The topological polar surface area (TPSA) is 72.2 Å². The Labute approximate surface area is 176 Å². The van der Waals surface area contributed by atoms with E-state index in [4.69, 9.17) is 34.8 Å². The Bertz CT molecular complexity index is 1110. The van der Waals surface area contributed by atoms with Gasteiger partial charge in [0.1, 0.15) is 10.7 Å². The molecule has 0 amide bonds. The minimum Gasteiger partial charge on any atom is -0.477 e. The van der Waals surface area contributed by atoms with Gasteiger partial charge in [-0.25, -0.2) is 9.78 Å². The van der Waals surface area contributed by atoms with Crippen LogP contribution in [0.5, 0.6) is 0 Å². The first-order chi connectivity index (χ1) is 13.3. The first kappa shape index (κ1) is 20.4. The number of carboxylic acid groups (broad SMARTS) is 1. The SMILES string of the molecule is CCn1c(Cc2ccc(Cl)nc2)cc(=O)c(C(=O)O)c1-c1ccc(Cl)c(Cl)c1. The molecule has 0 bridgehead atoms. The molecule has 0 saturated carbocycles. The van der Waals surface area contributed by atoms with Crippen LogP contribution in [0.2, 0.25) is 15.2 Å². The predicted octanol–water partition coefficient (Wildman–Crippen LogP) is 5.18. The van der Waals surface area contributed by atoms with Crippen molar-refractivity contribution in [3.8, 4) is 11.3 Å². The number of aromatic nitrogens is 2. The maximum atomic E-state index is 12.7. The molecule has 0 saturated heterocycles. The fourth-order valence-electron chi connectivity index (χ4n) is 3.07. The van der Waals surface area contributed by atoms with E-state index in [9.17, 15) is 14.7 Å². The summed E-state index contributed by atoms with van der Waals surface area (Å²) in [5.41, 5.74) is 1.41. The van der Waals surface area contributed by atoms with Crippen LogP contribution in [-0.2, 0) is 13.0 Å². The number of carboxylic acids is 1. The molecule has 2 heterocycles. The minimum absolute atomic E-state index is 0.276. The van der Waals surface area contributed by atoms with E-state index in [1.807, 2.05) is 13.0 Å². The summed E-state index contributed by atoms with van der Waals surface area (Å²) in [6.07, 6.45) is 2.01. The van der Waals surface area contributed by atoms with Crippen LogP contribution in [0.15, 0.2) is 47.4 Å². The van der Waals surface area contributed by atoms with Crippen LogP contribution in [0.4, 0.5) is 0 Å². The zero-order valence-corrected chi connectivity index (χ0v) is 17.0. The van der Waals surface area contributed by atoms with Crippen molar-refractivity contribution in [2.75, 3.05) is 0 Å². The van der Waals surface area contributed by atoms with Crippen molar-refractivity contribution in [2.24, 2.45) is 0 Å². The summed E-state index contributed by atoms with van der Waals surface area (Å²) in [5.74, 6) is -1.30. The molecule has 5 nitrogen and oxygen atoms in total. The van der Waals surface area contributed by atoms with E-state index in [0.717, 1.165) is 5.56 Å². The Morgan fingerprint density at radius 2 is 1.86 bits per heavy atom. The van der Waals surface area contributed by atoms with Gasteiger partial charge >= 0.3 is 5.97 Å². The van der Waals surface area contributed by atoms with Gasteiger partial charge in [-0.15, -0.1) is 0 Å². The lowest BCUT2D eigenvalue weighted by Crippen LogP contribution is -2.23. The molecule has 144 valence electrons. The van der Waals surface area contributed by atoms with Crippen LogP contribution < -0.4 is 5.43 Å². The quantitative estimate of drug-likeness (QED) is 0.558. The molecule has 3 rings (SSSR count). The van der Waals surface area contributed by atoms with Crippen molar-refractivity contribution in [1.29, 1.82) is 0 Å². The molecule has 3 aromatic rings. The van der Waals surface area contributed by atoms with Crippen LogP contribution in [0.3, 0.4) is 0 Å². The van der Waals surface area contributed by atoms with Gasteiger partial charge in [0.2, 0.25) is 0 Å². The summed E-state index contributed by atoms with van der Waals surface area (Å²) in [7, 11) is 0. The van der Waals surface area contributed by atoms with Gasteiger partial charge in [-0.2, -0.15) is 0 Å². The largest absolute Gasteiger partial charge is 0.477 e. The highest BCUT2D eigenvalue weighted by atomic mass is 35.5. The Hall–Kier alpha value is -2.34. The molecule has 1 N–H and O–H groups in total. The van der Waals surface area contributed by atoms with Gasteiger partial charge in [-0.05, 0) is 30.7 Å². The van der Waals surface area contributed by atoms with E-state index < -0.39 is 11.4 Å². The van der Waals surface area contributed by atoms with Crippen LogP contribution in [-0.4, -0.2) is 20.6 Å². The van der Waals surface area contributed by atoms with Crippen LogP contribution in [0.25, 0.3) is 11.3 Å². The van der Waals surface area contributed by atoms with Crippen LogP contribution >= 0.6 is 34.8 Å². The zero-order valence-electron chi connectivity index (χ0n) is 14.7. The van der Waals surface area contributed by atoms with E-state index in [1.165, 1.54) is 6.07 Å². The molecule has 0 fully saturated rings. The van der Waals surface area contributed by atoms with E-state index in [0.29, 0.717) is 34.4 Å². The van der Waals surface area contributed by atoms with Gasteiger partial charge in [0.15, 0.2) is 5.43 Å². The smallest absolute Gasteiger partial charge is 0.341 e. The Kier molecular flexibility index (Phi) is 6.08. The van der Waals surface area contributed by atoms with Crippen LogP contribution in [0.1, 0.15) is 28.5 Å². The van der Waals surface area contributed by atoms with Crippen molar-refractivity contribution in [2.45, 2.75) is 19.9 Å². The number of halogens is 3. The molecule has 0 unspecified atom stereocenters. The number of pyridine rings is 2. The lowest BCUT2D eigenvalue weighted by Gasteiger charge is -2.20. The first-order valence-corrected chi connectivity index (χ1v) is 9.51. The van der Waals surface area contributed by atoms with E-state index >= 15 is 0 Å². The molecule has 28 heavy (non-hydrogen) atoms. The lowest BCUT2D eigenvalue weighted by atomic mass is 10.0. The summed E-state index contributed by atoms with van der Waals surface area (Å²) >= 11 is 18.0. The normalized spacial score (nSPS) is 10.9. The Morgan fingerprint density at radius 1 is 1.11 bits per heavy atom. The number of nitrogens with zero attached hydrogens (tertiary/aromatic N) is 2. The monoisotopic (exact) mass is 436 g/mol. The molecule has 2 aromatic heterocycles. The molecule has 0 radical (unpaired) electrons. The van der Waals surface area contributed by atoms with Crippen molar-refractivity contribution in [3.63, 3.8) is 0 Å². The second kappa shape index (κ2) is 8.35. The highest BCUT2D eigenvalue weighted by Crippen LogP contribution is 2.31. The van der Waals surface area contributed by atoms with Gasteiger partial charge in [-0.3, -0.25) is 4.79 Å². The number of hydrogen-bond acceptors (Lipinski definition) is 3. The minimum atomic E-state index is -1.30. The van der Waals surface area contributed by atoms with Gasteiger partial charge in [0.25, 0.3) is 0 Å². The number of carbonyl (C=O) groups is 1. The van der Waals surface area contributed by atoms with Crippen molar-refractivity contribution in [3.05, 3.63) is 84.8 Å². The second-order valence-corrected chi connectivity index (χ2v) is 7.27. The third-order valence-corrected chi connectivity index (χ3v) is 5.26. The predicted molar refractivity (Wildman–Crippen MR) is 111 cm³/mol. The molecule has 0 aliphatic rings. The first-order valence-electron chi connectivity index (χ1n) is 8.37. The molecule has 0 atom stereocenters. The fourth-order valence-corrected chi connectivity index (χ4v) is 3.48. The Morgan fingerprint density at radius 3 is 2.43 bits per heavy atom. The highest BCUT2D eigenvalue weighted by Gasteiger charge is 2.22. The summed E-state index contributed by atoms with van der Waals surface area (Å²) in [5, 5.41) is 10.7. The molecule has 8 heteroatoms. The summed E-state index contributed by atoms with van der Waals surface area (Å²) < 4.78 is 1.79. The van der Waals surface area contributed by atoms with Gasteiger partial charge in [-0.1, -0.05) is 46.9 Å². The third-order valence-electron chi connectivity index (χ3n) is 4.29. The number of aromatic carboxylic acids is 1. The summed E-state index contributed by atoms with van der Waals surface area (Å²) in [6.45, 7) is 2.33. The van der Waals surface area contributed by atoms with Gasteiger partial charge in [0, 0.05) is 36.5 Å². The number of hydrogen-bond donors (Lipinski definition) is 1. The molecular formula is C20H15Cl3N2O3. The average molecular weight is 438 g/mol. The van der Waals surface area contributed by atoms with E-state index in [1.54, 1.807) is 35.0 Å². The Balaban J connectivity index is 2.26. The fraction of sp³-hybridized carbons (Fsp3) is 0.150. The number of rotatable bonds is 5. The standard InChI is InChI=1S/C20H15Cl3N2O3/c1-2-25-13(7-11-3-6-17(23)24-10-11)9-16(26)18(20(27)28)19(25)12-4-5-14(21)15(22)8-12/h3-6,8-10H,2,7H2,1H3,(H,27,28). The molecular weight excluding hydrogens is 423 g/mol. The van der Waals surface area contributed by atoms with E-state index in [-0.39, 0.29) is 16.3 Å². The molecule has 0 spiro atoms. The van der Waals surface area contributed by atoms with Crippen molar-refractivity contribution < 1.29 is 9.90 Å². The molecule has 0 aliphatic carbocycles. The summed E-state index contributed by atoms with van der Waals surface area (Å²) in [6, 6.07) is 9.61. The maximum absolute atomic E-state index is 12.7. The van der Waals surface area contributed by atoms with Gasteiger partial charge in [0.05, 0.1) is 15.7 Å². The number of benzene rings is 1. The lowest BCUT2D eigenvalue weighted by molar-refractivity contribution is 0.0695. The maximum Gasteiger partial charge on any atom is 0.341 e. The van der Waals surface area contributed by atoms with Gasteiger partial charge < -0.3 is 9.67 Å². The third kappa shape index (κ3) is 4.07.